The minimum atomic E-state index is 0.799. The number of hydrogen-bond acceptors (Lipinski definition) is 1. The molecule has 6 unspecified atom stereocenters. The van der Waals surface area contributed by atoms with E-state index in [4.69, 9.17) is 0 Å². The van der Waals surface area contributed by atoms with Gasteiger partial charge >= 0.3 is 0 Å². The number of fused-ring (bicyclic) bond motifs is 5. The van der Waals surface area contributed by atoms with Crippen LogP contribution in [-0.2, 0) is 0 Å². The third kappa shape index (κ3) is 1.61. The van der Waals surface area contributed by atoms with Crippen LogP contribution in [0.1, 0.15) is 58.3 Å². The van der Waals surface area contributed by atoms with Gasteiger partial charge in [-0.25, -0.2) is 0 Å². The molecule has 0 aromatic heterocycles. The van der Waals surface area contributed by atoms with Crippen molar-refractivity contribution < 1.29 is 0 Å². The third-order valence-corrected chi connectivity index (χ3v) is 6.76. The van der Waals surface area contributed by atoms with E-state index in [-0.39, 0.29) is 0 Å². The fourth-order valence-corrected chi connectivity index (χ4v) is 5.67. The van der Waals surface area contributed by atoms with Crippen molar-refractivity contribution in [3.05, 3.63) is 0 Å². The Balaban J connectivity index is 1.40. The van der Waals surface area contributed by atoms with E-state index in [0.717, 1.165) is 41.7 Å². The predicted molar refractivity (Wildman–Crippen MR) is 70.8 cm³/mol. The molecule has 96 valence electrons. The Hall–Kier alpha value is -0.0400. The Morgan fingerprint density at radius 2 is 1.65 bits per heavy atom. The van der Waals surface area contributed by atoms with E-state index in [1.165, 1.54) is 32.1 Å². The topological polar surface area (TPSA) is 12.0 Å². The second-order valence-corrected chi connectivity index (χ2v) is 7.41. The summed E-state index contributed by atoms with van der Waals surface area (Å²) >= 11 is 0. The van der Waals surface area contributed by atoms with E-state index in [1.54, 1.807) is 19.3 Å². The molecule has 6 atom stereocenters. The lowest BCUT2D eigenvalue weighted by Crippen LogP contribution is -2.47. The average Bonchev–Trinajstić information content (AvgIpc) is 2.82. The molecule has 17 heavy (non-hydrogen) atoms. The van der Waals surface area contributed by atoms with Crippen molar-refractivity contribution in [2.24, 2.45) is 29.6 Å². The van der Waals surface area contributed by atoms with Crippen molar-refractivity contribution in [3.63, 3.8) is 0 Å². The molecule has 0 spiro atoms. The Morgan fingerprint density at radius 3 is 2.41 bits per heavy atom. The molecule has 4 aliphatic carbocycles. The molecule has 1 N–H and O–H groups in total. The van der Waals surface area contributed by atoms with Gasteiger partial charge in [0.05, 0.1) is 0 Å². The molecule has 0 radical (unpaired) electrons. The summed E-state index contributed by atoms with van der Waals surface area (Å²) in [6, 6.07) is 1.70. The molecular formula is C16H27N. The molecule has 0 amide bonds. The summed E-state index contributed by atoms with van der Waals surface area (Å²) in [7, 11) is 0. The minimum Gasteiger partial charge on any atom is -0.311 e. The van der Waals surface area contributed by atoms with Crippen LogP contribution in [0.3, 0.4) is 0 Å². The van der Waals surface area contributed by atoms with Crippen LogP contribution < -0.4 is 5.32 Å². The van der Waals surface area contributed by atoms with E-state index in [0.29, 0.717) is 0 Å². The molecule has 4 saturated carbocycles. The van der Waals surface area contributed by atoms with Crippen molar-refractivity contribution in [3.8, 4) is 0 Å². The lowest BCUT2D eigenvalue weighted by atomic mass is 9.77. The lowest BCUT2D eigenvalue weighted by molar-refractivity contribution is 0.164. The Bertz CT molecular complexity index is 296. The molecule has 2 bridgehead atoms. The molecule has 0 heterocycles. The number of hydrogen-bond donors (Lipinski definition) is 1. The lowest BCUT2D eigenvalue weighted by Gasteiger charge is -2.38. The average molecular weight is 233 g/mol. The van der Waals surface area contributed by atoms with Crippen molar-refractivity contribution in [1.82, 2.24) is 5.32 Å². The summed E-state index contributed by atoms with van der Waals surface area (Å²) in [5.41, 5.74) is 0. The zero-order valence-corrected chi connectivity index (χ0v) is 11.2. The molecule has 0 aromatic rings. The molecule has 4 fully saturated rings. The van der Waals surface area contributed by atoms with Crippen LogP contribution in [0.4, 0.5) is 0 Å². The SMILES string of the molecule is CC(NC1CC2CC1C1CCCC21)C1CCC1. The second kappa shape index (κ2) is 3.98. The van der Waals surface area contributed by atoms with Gasteiger partial charge in [0.25, 0.3) is 0 Å². The summed E-state index contributed by atoms with van der Waals surface area (Å²) in [6.45, 7) is 2.45. The van der Waals surface area contributed by atoms with Crippen LogP contribution in [-0.4, -0.2) is 12.1 Å². The summed E-state index contributed by atoms with van der Waals surface area (Å²) < 4.78 is 0. The first kappa shape index (κ1) is 10.8. The van der Waals surface area contributed by atoms with Crippen molar-refractivity contribution in [2.75, 3.05) is 0 Å². The van der Waals surface area contributed by atoms with Crippen LogP contribution in [0.2, 0.25) is 0 Å². The van der Waals surface area contributed by atoms with E-state index < -0.39 is 0 Å². The Kier molecular flexibility index (Phi) is 2.54. The smallest absolute Gasteiger partial charge is 0.0103 e. The highest BCUT2D eigenvalue weighted by atomic mass is 15.0. The first-order valence-electron chi connectivity index (χ1n) is 8.09. The zero-order chi connectivity index (χ0) is 11.4. The second-order valence-electron chi connectivity index (χ2n) is 7.41. The highest BCUT2D eigenvalue weighted by molar-refractivity contribution is 5.06. The third-order valence-electron chi connectivity index (χ3n) is 6.76. The quantitative estimate of drug-likeness (QED) is 0.785. The van der Waals surface area contributed by atoms with Gasteiger partial charge in [0.2, 0.25) is 0 Å². The van der Waals surface area contributed by atoms with Gasteiger partial charge in [-0.3, -0.25) is 0 Å². The zero-order valence-electron chi connectivity index (χ0n) is 11.2. The van der Waals surface area contributed by atoms with Gasteiger partial charge in [-0.1, -0.05) is 12.8 Å². The van der Waals surface area contributed by atoms with Gasteiger partial charge in [0.1, 0.15) is 0 Å². The maximum Gasteiger partial charge on any atom is 0.0103 e. The van der Waals surface area contributed by atoms with Crippen LogP contribution in [0.25, 0.3) is 0 Å². The molecule has 4 rings (SSSR count). The van der Waals surface area contributed by atoms with Crippen LogP contribution in [0.5, 0.6) is 0 Å². The van der Waals surface area contributed by atoms with Crippen molar-refractivity contribution in [1.29, 1.82) is 0 Å². The monoisotopic (exact) mass is 233 g/mol. The van der Waals surface area contributed by atoms with Crippen LogP contribution in [0.15, 0.2) is 0 Å². The molecular weight excluding hydrogens is 206 g/mol. The normalized spacial score (nSPS) is 50.3. The predicted octanol–water partition coefficient (Wildman–Crippen LogP) is 3.59. The molecule has 1 heteroatoms. The molecule has 0 saturated heterocycles. The molecule has 1 nitrogen and oxygen atoms in total. The molecule has 4 aliphatic rings. The highest BCUT2D eigenvalue weighted by Gasteiger charge is 2.53. The first-order chi connectivity index (χ1) is 8.33. The fraction of sp³-hybridized carbons (Fsp3) is 1.00. The minimum absolute atomic E-state index is 0.799. The van der Waals surface area contributed by atoms with Gasteiger partial charge in [-0.15, -0.1) is 0 Å². The van der Waals surface area contributed by atoms with E-state index in [9.17, 15) is 0 Å². The summed E-state index contributed by atoms with van der Waals surface area (Å²) in [4.78, 5) is 0. The van der Waals surface area contributed by atoms with Crippen molar-refractivity contribution in [2.45, 2.75) is 70.4 Å². The first-order valence-corrected chi connectivity index (χ1v) is 8.09. The van der Waals surface area contributed by atoms with E-state index in [2.05, 4.69) is 12.2 Å². The maximum absolute atomic E-state index is 4.02. The van der Waals surface area contributed by atoms with Gasteiger partial charge < -0.3 is 5.32 Å². The highest BCUT2D eigenvalue weighted by Crippen LogP contribution is 2.58. The van der Waals surface area contributed by atoms with Crippen molar-refractivity contribution >= 4 is 0 Å². The summed E-state index contributed by atoms with van der Waals surface area (Å²) in [5, 5.41) is 4.02. The standard InChI is InChI=1S/C16H27N/c1-10(11-4-2-5-11)17-16-9-12-8-15(16)14-7-3-6-13(12)14/h10-17H,2-9H2,1H3. The molecule has 0 aliphatic heterocycles. The number of nitrogens with one attached hydrogen (secondary N) is 1. The van der Waals surface area contributed by atoms with Gasteiger partial charge in [0.15, 0.2) is 0 Å². The Morgan fingerprint density at radius 1 is 0.882 bits per heavy atom. The van der Waals surface area contributed by atoms with Gasteiger partial charge in [0, 0.05) is 12.1 Å². The van der Waals surface area contributed by atoms with Crippen LogP contribution in [0, 0.1) is 29.6 Å². The van der Waals surface area contributed by atoms with E-state index in [1.807, 2.05) is 0 Å². The van der Waals surface area contributed by atoms with Gasteiger partial charge in [-0.2, -0.15) is 0 Å². The maximum atomic E-state index is 4.02. The Labute approximate surface area is 106 Å². The summed E-state index contributed by atoms with van der Waals surface area (Å²) in [5.74, 6) is 5.46. The summed E-state index contributed by atoms with van der Waals surface area (Å²) in [6.07, 6.45) is 12.2. The number of rotatable bonds is 3. The van der Waals surface area contributed by atoms with Crippen LogP contribution >= 0.6 is 0 Å². The fourth-order valence-electron chi connectivity index (χ4n) is 5.67. The van der Waals surface area contributed by atoms with Gasteiger partial charge in [-0.05, 0) is 75.0 Å². The molecule has 0 aromatic carbocycles. The van der Waals surface area contributed by atoms with E-state index >= 15 is 0 Å². The largest absolute Gasteiger partial charge is 0.311 e.